The van der Waals surface area contributed by atoms with Gasteiger partial charge in [0.2, 0.25) is 0 Å². The zero-order chi connectivity index (χ0) is 10.2. The minimum absolute atomic E-state index is 0.135. The highest BCUT2D eigenvalue weighted by Gasteiger charge is 2.47. The molecule has 0 bridgehead atoms. The predicted octanol–water partition coefficient (Wildman–Crippen LogP) is 0.977. The van der Waals surface area contributed by atoms with Crippen molar-refractivity contribution in [2.75, 3.05) is 19.7 Å². The highest BCUT2D eigenvalue weighted by atomic mass is 16.5. The van der Waals surface area contributed by atoms with Gasteiger partial charge in [-0.3, -0.25) is 4.90 Å². The molecule has 14 heavy (non-hydrogen) atoms. The summed E-state index contributed by atoms with van der Waals surface area (Å²) >= 11 is 0. The van der Waals surface area contributed by atoms with Gasteiger partial charge >= 0.3 is 0 Å². The zero-order valence-corrected chi connectivity index (χ0v) is 9.33. The summed E-state index contributed by atoms with van der Waals surface area (Å²) in [5, 5.41) is 0. The predicted molar refractivity (Wildman–Crippen MR) is 57.2 cm³/mol. The van der Waals surface area contributed by atoms with Crippen molar-refractivity contribution in [3.05, 3.63) is 0 Å². The van der Waals surface area contributed by atoms with Crippen molar-refractivity contribution < 1.29 is 4.74 Å². The van der Waals surface area contributed by atoms with Crippen molar-refractivity contribution in [2.24, 2.45) is 5.73 Å². The molecule has 2 saturated heterocycles. The molecule has 0 aliphatic carbocycles. The van der Waals surface area contributed by atoms with Crippen LogP contribution in [0.3, 0.4) is 0 Å². The maximum absolute atomic E-state index is 5.98. The Hall–Kier alpha value is -0.120. The minimum atomic E-state index is 0.135. The fourth-order valence-corrected chi connectivity index (χ4v) is 3.13. The van der Waals surface area contributed by atoms with Crippen LogP contribution < -0.4 is 5.73 Å². The van der Waals surface area contributed by atoms with Crippen LogP contribution in [0.15, 0.2) is 0 Å². The molecule has 3 unspecified atom stereocenters. The summed E-state index contributed by atoms with van der Waals surface area (Å²) in [5.41, 5.74) is 6.11. The number of hydrogen-bond acceptors (Lipinski definition) is 3. The second kappa shape index (κ2) is 3.80. The van der Waals surface area contributed by atoms with Crippen LogP contribution in [0, 0.1) is 0 Å². The molecular weight excluding hydrogens is 176 g/mol. The number of nitrogens with zero attached hydrogens (tertiary/aromatic N) is 1. The monoisotopic (exact) mass is 198 g/mol. The summed E-state index contributed by atoms with van der Waals surface area (Å²) in [4.78, 5) is 2.59. The van der Waals surface area contributed by atoms with Crippen molar-refractivity contribution in [3.8, 4) is 0 Å². The molecule has 2 rings (SSSR count). The lowest BCUT2D eigenvalue weighted by atomic mass is 9.89. The fraction of sp³-hybridized carbons (Fsp3) is 1.00. The van der Waals surface area contributed by atoms with E-state index in [-0.39, 0.29) is 5.54 Å². The van der Waals surface area contributed by atoms with Crippen molar-refractivity contribution in [1.29, 1.82) is 0 Å². The second-order valence-electron chi connectivity index (χ2n) is 4.76. The van der Waals surface area contributed by atoms with Crippen molar-refractivity contribution in [3.63, 3.8) is 0 Å². The summed E-state index contributed by atoms with van der Waals surface area (Å²) in [6.45, 7) is 7.30. The Labute approximate surface area is 86.6 Å². The van der Waals surface area contributed by atoms with Gasteiger partial charge in [0, 0.05) is 19.2 Å². The molecule has 2 aliphatic rings. The molecule has 2 N–H and O–H groups in total. The molecule has 2 fully saturated rings. The summed E-state index contributed by atoms with van der Waals surface area (Å²) in [5.74, 6) is 0. The molecule has 0 aromatic carbocycles. The molecular formula is C11H22N2O. The SMILES string of the molecule is CC1CCCN1C1(CN)CCOC1C. The first-order valence-electron chi connectivity index (χ1n) is 5.79. The number of likely N-dealkylation sites (tertiary alicyclic amines) is 1. The number of ether oxygens (including phenoxy) is 1. The van der Waals surface area contributed by atoms with E-state index in [1.807, 2.05) is 0 Å². The molecule has 0 aromatic heterocycles. The Morgan fingerprint density at radius 1 is 1.50 bits per heavy atom. The van der Waals surface area contributed by atoms with E-state index in [1.54, 1.807) is 0 Å². The first-order chi connectivity index (χ1) is 6.70. The average molecular weight is 198 g/mol. The smallest absolute Gasteiger partial charge is 0.0743 e. The second-order valence-corrected chi connectivity index (χ2v) is 4.76. The van der Waals surface area contributed by atoms with E-state index in [2.05, 4.69) is 18.7 Å². The number of nitrogens with two attached hydrogens (primary N) is 1. The van der Waals surface area contributed by atoms with Gasteiger partial charge in [-0.15, -0.1) is 0 Å². The Bertz CT molecular complexity index is 209. The van der Waals surface area contributed by atoms with Crippen molar-refractivity contribution in [2.45, 2.75) is 50.8 Å². The van der Waals surface area contributed by atoms with Gasteiger partial charge in [-0.05, 0) is 39.7 Å². The summed E-state index contributed by atoms with van der Waals surface area (Å²) in [6.07, 6.45) is 4.03. The van der Waals surface area contributed by atoms with Crippen LogP contribution in [0.4, 0.5) is 0 Å². The molecule has 3 nitrogen and oxygen atoms in total. The van der Waals surface area contributed by atoms with E-state index in [4.69, 9.17) is 10.5 Å². The Balaban J connectivity index is 2.18. The summed E-state index contributed by atoms with van der Waals surface area (Å²) in [6, 6.07) is 0.683. The van der Waals surface area contributed by atoms with Crippen molar-refractivity contribution in [1.82, 2.24) is 4.90 Å². The Kier molecular flexibility index (Phi) is 2.82. The molecule has 0 saturated carbocycles. The molecule has 3 atom stereocenters. The van der Waals surface area contributed by atoms with E-state index in [0.717, 1.165) is 19.6 Å². The fourth-order valence-electron chi connectivity index (χ4n) is 3.13. The highest BCUT2D eigenvalue weighted by molar-refractivity contribution is 5.03. The van der Waals surface area contributed by atoms with Gasteiger partial charge in [0.05, 0.1) is 11.6 Å². The quantitative estimate of drug-likeness (QED) is 0.719. The van der Waals surface area contributed by atoms with Gasteiger partial charge < -0.3 is 10.5 Å². The van der Waals surface area contributed by atoms with E-state index in [0.29, 0.717) is 12.1 Å². The lowest BCUT2D eigenvalue weighted by Gasteiger charge is -2.42. The van der Waals surface area contributed by atoms with E-state index < -0.39 is 0 Å². The highest BCUT2D eigenvalue weighted by Crippen LogP contribution is 2.36. The van der Waals surface area contributed by atoms with Gasteiger partial charge in [0.1, 0.15) is 0 Å². The number of hydrogen-bond donors (Lipinski definition) is 1. The van der Waals surface area contributed by atoms with Gasteiger partial charge in [0.25, 0.3) is 0 Å². The largest absolute Gasteiger partial charge is 0.376 e. The summed E-state index contributed by atoms with van der Waals surface area (Å²) < 4.78 is 5.70. The maximum atomic E-state index is 5.98. The normalized spacial score (nSPS) is 44.8. The standard InChI is InChI=1S/C11H22N2O/c1-9-4-3-6-13(9)11(8-12)5-7-14-10(11)2/h9-10H,3-8,12H2,1-2H3. The third-order valence-electron chi connectivity index (χ3n) is 4.14. The van der Waals surface area contributed by atoms with Gasteiger partial charge in [-0.1, -0.05) is 0 Å². The van der Waals surface area contributed by atoms with Crippen LogP contribution >= 0.6 is 0 Å². The van der Waals surface area contributed by atoms with E-state index in [9.17, 15) is 0 Å². The Morgan fingerprint density at radius 3 is 2.71 bits per heavy atom. The van der Waals surface area contributed by atoms with E-state index >= 15 is 0 Å². The molecule has 2 aliphatic heterocycles. The maximum Gasteiger partial charge on any atom is 0.0743 e. The van der Waals surface area contributed by atoms with Crippen molar-refractivity contribution >= 4 is 0 Å². The molecule has 82 valence electrons. The molecule has 2 heterocycles. The van der Waals surface area contributed by atoms with Crippen LogP contribution in [-0.2, 0) is 4.74 Å². The van der Waals surface area contributed by atoms with Gasteiger partial charge in [-0.2, -0.15) is 0 Å². The van der Waals surface area contributed by atoms with Crippen LogP contribution in [0.1, 0.15) is 33.1 Å². The zero-order valence-electron chi connectivity index (χ0n) is 9.33. The van der Waals surface area contributed by atoms with Crippen LogP contribution in [0.2, 0.25) is 0 Å². The lowest BCUT2D eigenvalue weighted by molar-refractivity contribution is 0.0106. The summed E-state index contributed by atoms with van der Waals surface area (Å²) in [7, 11) is 0. The van der Waals surface area contributed by atoms with Gasteiger partial charge in [0.15, 0.2) is 0 Å². The minimum Gasteiger partial charge on any atom is -0.376 e. The third kappa shape index (κ3) is 1.38. The van der Waals surface area contributed by atoms with Crippen LogP contribution in [-0.4, -0.2) is 42.3 Å². The molecule has 0 radical (unpaired) electrons. The molecule has 0 spiro atoms. The third-order valence-corrected chi connectivity index (χ3v) is 4.14. The molecule has 0 amide bonds. The van der Waals surface area contributed by atoms with E-state index in [1.165, 1.54) is 19.4 Å². The van der Waals surface area contributed by atoms with Crippen LogP contribution in [0.25, 0.3) is 0 Å². The Morgan fingerprint density at radius 2 is 2.29 bits per heavy atom. The van der Waals surface area contributed by atoms with Crippen LogP contribution in [0.5, 0.6) is 0 Å². The lowest BCUT2D eigenvalue weighted by Crippen LogP contribution is -2.59. The first kappa shape index (κ1) is 10.4. The molecule has 0 aromatic rings. The average Bonchev–Trinajstić information content (AvgIpc) is 2.73. The number of rotatable bonds is 2. The first-order valence-corrected chi connectivity index (χ1v) is 5.79. The molecule has 3 heteroatoms. The van der Waals surface area contributed by atoms with Gasteiger partial charge in [-0.25, -0.2) is 0 Å². The topological polar surface area (TPSA) is 38.5 Å².